The van der Waals surface area contributed by atoms with E-state index in [1.807, 2.05) is 20.8 Å². The lowest BCUT2D eigenvalue weighted by molar-refractivity contribution is -0.117. The summed E-state index contributed by atoms with van der Waals surface area (Å²) in [7, 11) is -3.78. The summed E-state index contributed by atoms with van der Waals surface area (Å²) in [5.74, 6) is 0.709. The molecule has 3 rings (SSSR count). The Bertz CT molecular complexity index is 1040. The summed E-state index contributed by atoms with van der Waals surface area (Å²) in [6.45, 7) is 6.40. The number of amides is 1. The Morgan fingerprint density at radius 2 is 2.00 bits per heavy atom. The number of aromatic nitrogens is 4. The SMILES string of the molecule is CC(C)(C)c1nnnn1CC(=O)Nc1cccc(S(=O)(=O)NC2=NCCCCC2)c1. The van der Waals surface area contributed by atoms with Crippen LogP contribution in [0.4, 0.5) is 5.69 Å². The molecule has 0 aliphatic carbocycles. The summed E-state index contributed by atoms with van der Waals surface area (Å²) in [5, 5.41) is 14.2. The largest absolute Gasteiger partial charge is 0.324 e. The summed E-state index contributed by atoms with van der Waals surface area (Å²) in [6.07, 6.45) is 3.52. The third-order valence-corrected chi connectivity index (χ3v) is 5.93. The number of tetrazole rings is 1. The standard InChI is InChI=1S/C19H27N7O3S/c1-19(2,3)18-22-24-25-26(18)13-17(27)21-14-8-7-9-15(12-14)30(28,29)23-16-10-5-4-6-11-20-16/h7-9,12H,4-6,10-11,13H2,1-3H3,(H,20,23)(H,21,27). The second-order valence-electron chi connectivity index (χ2n) is 8.23. The molecule has 11 heteroatoms. The van der Waals surface area contributed by atoms with Crippen molar-refractivity contribution in [1.82, 2.24) is 24.9 Å². The van der Waals surface area contributed by atoms with E-state index in [-0.39, 0.29) is 22.8 Å². The first kappa shape index (κ1) is 21.9. The van der Waals surface area contributed by atoms with Gasteiger partial charge in [-0.3, -0.25) is 14.5 Å². The number of hydrogen-bond acceptors (Lipinski definition) is 7. The lowest BCUT2D eigenvalue weighted by atomic mass is 9.96. The number of hydrogen-bond donors (Lipinski definition) is 2. The van der Waals surface area contributed by atoms with Crippen molar-refractivity contribution >= 4 is 27.5 Å². The van der Waals surface area contributed by atoms with Gasteiger partial charge in [0.05, 0.1) is 4.90 Å². The smallest absolute Gasteiger partial charge is 0.262 e. The summed E-state index contributed by atoms with van der Waals surface area (Å²) < 4.78 is 29.5. The first-order valence-electron chi connectivity index (χ1n) is 9.88. The van der Waals surface area contributed by atoms with Gasteiger partial charge >= 0.3 is 0 Å². The molecule has 0 spiro atoms. The summed E-state index contributed by atoms with van der Waals surface area (Å²) >= 11 is 0. The van der Waals surface area contributed by atoms with Crippen molar-refractivity contribution in [3.05, 3.63) is 30.1 Å². The molecule has 2 aromatic rings. The van der Waals surface area contributed by atoms with Gasteiger partial charge < -0.3 is 5.32 Å². The molecule has 1 aliphatic heterocycles. The van der Waals surface area contributed by atoms with E-state index in [1.54, 1.807) is 12.1 Å². The van der Waals surface area contributed by atoms with Crippen LogP contribution in [0.25, 0.3) is 0 Å². The molecule has 1 aliphatic rings. The van der Waals surface area contributed by atoms with Crippen LogP contribution in [0.5, 0.6) is 0 Å². The van der Waals surface area contributed by atoms with Crippen LogP contribution in [-0.4, -0.2) is 46.9 Å². The van der Waals surface area contributed by atoms with Crippen LogP contribution in [0, 0.1) is 0 Å². The fourth-order valence-corrected chi connectivity index (χ4v) is 4.23. The predicted octanol–water partition coefficient (Wildman–Crippen LogP) is 1.86. The number of benzene rings is 1. The lowest BCUT2D eigenvalue weighted by Gasteiger charge is -2.17. The number of amidine groups is 1. The van der Waals surface area contributed by atoms with Gasteiger partial charge in [0, 0.05) is 24.1 Å². The molecule has 0 fully saturated rings. The molecule has 1 amide bonds. The van der Waals surface area contributed by atoms with Crippen LogP contribution < -0.4 is 10.0 Å². The van der Waals surface area contributed by atoms with Crippen LogP contribution in [0.1, 0.15) is 52.3 Å². The van der Waals surface area contributed by atoms with E-state index < -0.39 is 10.0 Å². The Labute approximate surface area is 176 Å². The maximum Gasteiger partial charge on any atom is 0.262 e. The Morgan fingerprint density at radius 3 is 2.77 bits per heavy atom. The van der Waals surface area contributed by atoms with E-state index in [0.717, 1.165) is 19.3 Å². The Kier molecular flexibility index (Phi) is 6.49. The molecule has 0 atom stereocenters. The third kappa shape index (κ3) is 5.62. The number of nitrogens with zero attached hydrogens (tertiary/aromatic N) is 5. The number of aliphatic imine (C=N–C) groups is 1. The maximum absolute atomic E-state index is 12.7. The minimum Gasteiger partial charge on any atom is -0.324 e. The Balaban J connectivity index is 1.70. The Hall–Kier alpha value is -2.82. The fraction of sp³-hybridized carbons (Fsp3) is 0.526. The zero-order valence-corrected chi connectivity index (χ0v) is 18.2. The Morgan fingerprint density at radius 1 is 1.20 bits per heavy atom. The zero-order chi connectivity index (χ0) is 21.8. The van der Waals surface area contributed by atoms with Crippen LogP contribution in [0.15, 0.2) is 34.2 Å². The van der Waals surface area contributed by atoms with Crippen molar-refractivity contribution in [2.45, 2.75) is 63.3 Å². The normalized spacial score (nSPS) is 15.2. The lowest BCUT2D eigenvalue weighted by Crippen LogP contribution is -2.30. The molecule has 0 radical (unpaired) electrons. The fourth-order valence-electron chi connectivity index (χ4n) is 3.10. The van der Waals surface area contributed by atoms with E-state index in [4.69, 9.17) is 0 Å². The quantitative estimate of drug-likeness (QED) is 0.740. The minimum atomic E-state index is -3.78. The first-order valence-corrected chi connectivity index (χ1v) is 11.4. The molecular weight excluding hydrogens is 406 g/mol. The van der Waals surface area contributed by atoms with Gasteiger partial charge in [-0.1, -0.05) is 33.3 Å². The molecule has 10 nitrogen and oxygen atoms in total. The van der Waals surface area contributed by atoms with Gasteiger partial charge in [0.15, 0.2) is 5.82 Å². The number of nitrogens with one attached hydrogen (secondary N) is 2. The highest BCUT2D eigenvalue weighted by Crippen LogP contribution is 2.19. The molecule has 162 valence electrons. The van der Waals surface area contributed by atoms with Gasteiger partial charge in [-0.25, -0.2) is 13.1 Å². The van der Waals surface area contributed by atoms with Crippen LogP contribution in [0.3, 0.4) is 0 Å². The van der Waals surface area contributed by atoms with Gasteiger partial charge in [-0.2, -0.15) is 0 Å². The number of anilines is 1. The second-order valence-corrected chi connectivity index (χ2v) is 9.91. The van der Waals surface area contributed by atoms with Gasteiger partial charge in [-0.15, -0.1) is 5.10 Å². The van der Waals surface area contributed by atoms with Gasteiger partial charge in [-0.05, 0) is 41.5 Å². The number of rotatable bonds is 5. The van der Waals surface area contributed by atoms with E-state index >= 15 is 0 Å². The second kappa shape index (κ2) is 8.90. The maximum atomic E-state index is 12.7. The van der Waals surface area contributed by atoms with Crippen molar-refractivity contribution in [2.75, 3.05) is 11.9 Å². The highest BCUT2D eigenvalue weighted by Gasteiger charge is 2.23. The average molecular weight is 434 g/mol. The summed E-state index contributed by atoms with van der Waals surface area (Å²) in [5.41, 5.74) is 0.0560. The number of carbonyl (C=O) groups is 1. The van der Waals surface area contributed by atoms with E-state index in [0.29, 0.717) is 30.3 Å². The van der Waals surface area contributed by atoms with Crippen LogP contribution in [-0.2, 0) is 26.8 Å². The van der Waals surface area contributed by atoms with Crippen molar-refractivity contribution in [2.24, 2.45) is 4.99 Å². The molecule has 1 aromatic heterocycles. The molecule has 30 heavy (non-hydrogen) atoms. The number of sulfonamides is 1. The highest BCUT2D eigenvalue weighted by atomic mass is 32.2. The topological polar surface area (TPSA) is 131 Å². The first-order chi connectivity index (χ1) is 14.1. The van der Waals surface area contributed by atoms with Crippen molar-refractivity contribution in [1.29, 1.82) is 0 Å². The van der Waals surface area contributed by atoms with Crippen LogP contribution >= 0.6 is 0 Å². The van der Waals surface area contributed by atoms with Gasteiger partial charge in [0.1, 0.15) is 12.4 Å². The average Bonchev–Trinajstić information content (AvgIpc) is 2.98. The molecule has 0 saturated carbocycles. The van der Waals surface area contributed by atoms with E-state index in [9.17, 15) is 13.2 Å². The molecule has 0 saturated heterocycles. The highest BCUT2D eigenvalue weighted by molar-refractivity contribution is 7.90. The molecule has 2 N–H and O–H groups in total. The van der Waals surface area contributed by atoms with Crippen LogP contribution in [0.2, 0.25) is 0 Å². The van der Waals surface area contributed by atoms with Crippen molar-refractivity contribution < 1.29 is 13.2 Å². The zero-order valence-electron chi connectivity index (χ0n) is 17.4. The minimum absolute atomic E-state index is 0.0602. The predicted molar refractivity (Wildman–Crippen MR) is 113 cm³/mol. The van der Waals surface area contributed by atoms with Gasteiger partial charge in [0.2, 0.25) is 5.91 Å². The number of carbonyl (C=O) groups excluding carboxylic acids is 1. The van der Waals surface area contributed by atoms with Crippen molar-refractivity contribution in [3.8, 4) is 0 Å². The van der Waals surface area contributed by atoms with E-state index in [2.05, 4.69) is 30.6 Å². The molecular formula is C19H27N7O3S. The van der Waals surface area contributed by atoms with Gasteiger partial charge in [0.25, 0.3) is 10.0 Å². The molecule has 1 aromatic carbocycles. The molecule has 2 heterocycles. The summed E-state index contributed by atoms with van der Waals surface area (Å²) in [4.78, 5) is 16.8. The third-order valence-electron chi connectivity index (χ3n) is 4.55. The molecule has 0 bridgehead atoms. The summed E-state index contributed by atoms with van der Waals surface area (Å²) in [6, 6.07) is 6.11. The van der Waals surface area contributed by atoms with E-state index in [1.165, 1.54) is 16.8 Å². The molecule has 0 unspecified atom stereocenters. The monoisotopic (exact) mass is 433 g/mol. The van der Waals surface area contributed by atoms with Crippen molar-refractivity contribution in [3.63, 3.8) is 0 Å².